The van der Waals surface area contributed by atoms with Gasteiger partial charge in [0, 0.05) is 54.3 Å². The Labute approximate surface area is 217 Å². The Kier molecular flexibility index (Phi) is 5.45. The van der Waals surface area contributed by atoms with Crippen LogP contribution in [0, 0.1) is 13.8 Å². The molecular weight excluding hydrogens is 488 g/mol. The Morgan fingerprint density at radius 2 is 1.46 bits per heavy atom. The van der Waals surface area contributed by atoms with Crippen LogP contribution in [-0.2, 0) is 14.1 Å². The van der Waals surface area contributed by atoms with Crippen molar-refractivity contribution in [3.8, 4) is 0 Å². The normalized spacial score (nSPS) is 11.4. The first-order valence-electron chi connectivity index (χ1n) is 11.6. The van der Waals surface area contributed by atoms with E-state index < -0.39 is 0 Å². The molecular formula is C26H23ClN10. The highest BCUT2D eigenvalue weighted by Crippen LogP contribution is 2.34. The average molecular weight is 511 g/mol. The number of benzene rings is 2. The topological polar surface area (TPSA) is 102 Å². The minimum absolute atomic E-state index is 0.130. The molecule has 0 saturated heterocycles. The summed E-state index contributed by atoms with van der Waals surface area (Å²) in [5.41, 5.74) is 5.64. The number of halogens is 1. The van der Waals surface area contributed by atoms with E-state index in [0.29, 0.717) is 17.6 Å². The first kappa shape index (κ1) is 22.9. The minimum atomic E-state index is 0.130. The Bertz CT molecular complexity index is 1790. The molecule has 0 aliphatic rings. The lowest BCUT2D eigenvalue weighted by atomic mass is 10.2. The predicted octanol–water partition coefficient (Wildman–Crippen LogP) is 5.52. The molecule has 0 saturated carbocycles. The van der Waals surface area contributed by atoms with Gasteiger partial charge in [-0.25, -0.2) is 9.97 Å². The third-order valence-electron chi connectivity index (χ3n) is 6.46. The van der Waals surface area contributed by atoms with Gasteiger partial charge in [-0.05, 0) is 74.0 Å². The standard InChI is InChI=1S/C26H23ClN10/c1-15-19-7-5-17(13-21(19)33-35(15)3)30-23-9-11-29-26(31-23)37(24-10-12-28-25(27)32-24)18-6-8-20-16(2)36(4)34-22(20)14-18/h5-14H,1-4H3,(H,29,30,31). The second-order valence-electron chi connectivity index (χ2n) is 8.74. The van der Waals surface area contributed by atoms with E-state index in [0.717, 1.165) is 44.6 Å². The van der Waals surface area contributed by atoms with E-state index in [1.807, 2.05) is 71.7 Å². The van der Waals surface area contributed by atoms with Gasteiger partial charge < -0.3 is 5.32 Å². The minimum Gasteiger partial charge on any atom is -0.340 e. The molecule has 4 heterocycles. The molecule has 4 aromatic heterocycles. The van der Waals surface area contributed by atoms with E-state index in [2.05, 4.69) is 43.5 Å². The van der Waals surface area contributed by atoms with Crippen molar-refractivity contribution in [2.24, 2.45) is 14.1 Å². The highest BCUT2D eigenvalue weighted by Gasteiger charge is 2.19. The quantitative estimate of drug-likeness (QED) is 0.302. The van der Waals surface area contributed by atoms with Crippen molar-refractivity contribution in [1.82, 2.24) is 39.5 Å². The lowest BCUT2D eigenvalue weighted by Crippen LogP contribution is -2.15. The smallest absolute Gasteiger partial charge is 0.237 e. The van der Waals surface area contributed by atoms with Crippen LogP contribution >= 0.6 is 11.6 Å². The summed E-state index contributed by atoms with van der Waals surface area (Å²) >= 11 is 6.16. The van der Waals surface area contributed by atoms with E-state index >= 15 is 0 Å². The molecule has 0 unspecified atom stereocenters. The van der Waals surface area contributed by atoms with E-state index in [4.69, 9.17) is 16.6 Å². The number of fused-ring (bicyclic) bond motifs is 2. The molecule has 0 fully saturated rings. The summed E-state index contributed by atoms with van der Waals surface area (Å²) in [6.45, 7) is 4.09. The first-order chi connectivity index (χ1) is 17.9. The molecule has 0 radical (unpaired) electrons. The van der Waals surface area contributed by atoms with Gasteiger partial charge in [-0.1, -0.05) is 0 Å². The van der Waals surface area contributed by atoms with Crippen LogP contribution in [0.1, 0.15) is 11.4 Å². The molecule has 1 N–H and O–H groups in total. The molecule has 10 nitrogen and oxygen atoms in total. The van der Waals surface area contributed by atoms with Gasteiger partial charge in [-0.3, -0.25) is 14.3 Å². The van der Waals surface area contributed by atoms with E-state index in [1.54, 1.807) is 18.5 Å². The number of hydrogen-bond acceptors (Lipinski definition) is 8. The monoisotopic (exact) mass is 510 g/mol. The van der Waals surface area contributed by atoms with Crippen LogP contribution in [0.5, 0.6) is 0 Å². The molecule has 0 aliphatic heterocycles. The van der Waals surface area contributed by atoms with Gasteiger partial charge in [0.05, 0.1) is 16.7 Å². The van der Waals surface area contributed by atoms with E-state index in [1.165, 1.54) is 0 Å². The molecule has 0 spiro atoms. The predicted molar refractivity (Wildman–Crippen MR) is 145 cm³/mol. The van der Waals surface area contributed by atoms with Crippen molar-refractivity contribution in [2.45, 2.75) is 13.8 Å². The maximum atomic E-state index is 6.16. The Morgan fingerprint density at radius 1 is 0.784 bits per heavy atom. The SMILES string of the molecule is Cc1c2ccc(Nc3ccnc(N(c4ccc5c(C)n(C)nc5c4)c4ccnc(Cl)n4)n3)cc2nn1C. The van der Waals surface area contributed by atoms with Crippen molar-refractivity contribution < 1.29 is 0 Å². The number of hydrogen-bond donors (Lipinski definition) is 1. The maximum Gasteiger partial charge on any atom is 0.237 e. The second-order valence-corrected chi connectivity index (χ2v) is 9.08. The zero-order valence-electron chi connectivity index (χ0n) is 20.7. The van der Waals surface area contributed by atoms with E-state index in [9.17, 15) is 0 Å². The van der Waals surface area contributed by atoms with Gasteiger partial charge in [-0.15, -0.1) is 0 Å². The Balaban J connectivity index is 1.42. The molecule has 6 aromatic rings. The summed E-state index contributed by atoms with van der Waals surface area (Å²) in [5, 5.41) is 14.9. The van der Waals surface area contributed by atoms with Crippen molar-refractivity contribution in [2.75, 3.05) is 10.2 Å². The maximum absolute atomic E-state index is 6.16. The lowest BCUT2D eigenvalue weighted by Gasteiger charge is -2.22. The van der Waals surface area contributed by atoms with Crippen molar-refractivity contribution in [3.05, 3.63) is 77.6 Å². The fraction of sp³-hybridized carbons (Fsp3) is 0.154. The summed E-state index contributed by atoms with van der Waals surface area (Å²) < 4.78 is 3.74. The number of nitrogens with one attached hydrogen (secondary N) is 1. The van der Waals surface area contributed by atoms with E-state index in [-0.39, 0.29) is 5.28 Å². The summed E-state index contributed by atoms with van der Waals surface area (Å²) in [7, 11) is 3.87. The highest BCUT2D eigenvalue weighted by atomic mass is 35.5. The summed E-state index contributed by atoms with van der Waals surface area (Å²) in [5.74, 6) is 1.58. The molecule has 0 amide bonds. The molecule has 6 rings (SSSR count). The fourth-order valence-electron chi connectivity index (χ4n) is 4.34. The second kappa shape index (κ2) is 8.82. The van der Waals surface area contributed by atoms with Gasteiger partial charge in [-0.2, -0.15) is 20.2 Å². The highest BCUT2D eigenvalue weighted by molar-refractivity contribution is 6.28. The van der Waals surface area contributed by atoms with Crippen LogP contribution in [0.2, 0.25) is 5.28 Å². The summed E-state index contributed by atoms with van der Waals surface area (Å²) in [6, 6.07) is 15.7. The number of aryl methyl sites for hydroxylation is 4. The average Bonchev–Trinajstić information content (AvgIpc) is 3.33. The van der Waals surface area contributed by atoms with Gasteiger partial charge >= 0.3 is 0 Å². The lowest BCUT2D eigenvalue weighted by molar-refractivity contribution is 0.751. The van der Waals surface area contributed by atoms with Crippen molar-refractivity contribution >= 4 is 62.4 Å². The fourth-order valence-corrected chi connectivity index (χ4v) is 4.49. The van der Waals surface area contributed by atoms with Gasteiger partial charge in [0.2, 0.25) is 11.2 Å². The van der Waals surface area contributed by atoms with Crippen LogP contribution in [0.4, 0.5) is 29.0 Å². The molecule has 0 aliphatic carbocycles. The number of nitrogens with zero attached hydrogens (tertiary/aromatic N) is 9. The van der Waals surface area contributed by atoms with Crippen LogP contribution in [0.15, 0.2) is 60.9 Å². The van der Waals surface area contributed by atoms with Crippen LogP contribution in [-0.4, -0.2) is 39.5 Å². The van der Waals surface area contributed by atoms with Gasteiger partial charge in [0.25, 0.3) is 0 Å². The summed E-state index contributed by atoms with van der Waals surface area (Å²) in [4.78, 5) is 19.7. The van der Waals surface area contributed by atoms with Crippen molar-refractivity contribution in [3.63, 3.8) is 0 Å². The van der Waals surface area contributed by atoms with Gasteiger partial charge in [0.1, 0.15) is 11.6 Å². The zero-order chi connectivity index (χ0) is 25.7. The molecule has 0 atom stereocenters. The zero-order valence-corrected chi connectivity index (χ0v) is 21.4. The summed E-state index contributed by atoms with van der Waals surface area (Å²) in [6.07, 6.45) is 3.31. The largest absolute Gasteiger partial charge is 0.340 e. The van der Waals surface area contributed by atoms with Crippen LogP contribution in [0.3, 0.4) is 0 Å². The number of rotatable bonds is 5. The molecule has 184 valence electrons. The molecule has 11 heteroatoms. The van der Waals surface area contributed by atoms with Crippen molar-refractivity contribution in [1.29, 1.82) is 0 Å². The first-order valence-corrected chi connectivity index (χ1v) is 12.0. The third kappa shape index (κ3) is 4.11. The third-order valence-corrected chi connectivity index (χ3v) is 6.64. The van der Waals surface area contributed by atoms with Crippen LogP contribution in [0.25, 0.3) is 21.8 Å². The van der Waals surface area contributed by atoms with Crippen LogP contribution < -0.4 is 10.2 Å². The molecule has 0 bridgehead atoms. The Hall–Kier alpha value is -4.57. The molecule has 37 heavy (non-hydrogen) atoms. The number of aromatic nitrogens is 8. The van der Waals surface area contributed by atoms with Gasteiger partial charge in [0.15, 0.2) is 0 Å². The molecule has 2 aromatic carbocycles. The number of anilines is 5. The Morgan fingerprint density at radius 3 is 2.19 bits per heavy atom.